The molecule has 0 aromatic heterocycles. The van der Waals surface area contributed by atoms with Gasteiger partial charge in [-0.15, -0.1) is 6.42 Å². The van der Waals surface area contributed by atoms with Gasteiger partial charge in [0.2, 0.25) is 0 Å². The standard InChI is InChI=1S/C21H36O3Si/c1-10-21(24-25(11-2,12-3)13-4)16(5)14-20(15-19(21,8)9)22-17(6)18(7)23-20/h1,14,17-18H,11-13,15H2,2-9H3. The van der Waals surface area contributed by atoms with Crippen molar-refractivity contribution in [3.63, 3.8) is 0 Å². The Morgan fingerprint density at radius 3 is 2.00 bits per heavy atom. The first kappa shape index (κ1) is 20.7. The lowest BCUT2D eigenvalue weighted by Gasteiger charge is -2.54. The third-order valence-electron chi connectivity index (χ3n) is 6.57. The Hall–Kier alpha value is -0.603. The Bertz CT molecular complexity index is 552. The van der Waals surface area contributed by atoms with Crippen molar-refractivity contribution in [1.29, 1.82) is 0 Å². The number of terminal acetylenes is 1. The minimum absolute atomic E-state index is 0.0782. The average molecular weight is 365 g/mol. The van der Waals surface area contributed by atoms with E-state index in [0.717, 1.165) is 23.7 Å². The summed E-state index contributed by atoms with van der Waals surface area (Å²) < 4.78 is 19.5. The van der Waals surface area contributed by atoms with Crippen molar-refractivity contribution in [1.82, 2.24) is 0 Å². The Morgan fingerprint density at radius 1 is 1.16 bits per heavy atom. The Morgan fingerprint density at radius 2 is 1.64 bits per heavy atom. The lowest BCUT2D eigenvalue weighted by atomic mass is 9.64. The third kappa shape index (κ3) is 3.25. The van der Waals surface area contributed by atoms with E-state index >= 15 is 0 Å². The van der Waals surface area contributed by atoms with E-state index in [0.29, 0.717) is 6.42 Å². The van der Waals surface area contributed by atoms with Gasteiger partial charge < -0.3 is 13.9 Å². The predicted molar refractivity (Wildman–Crippen MR) is 106 cm³/mol. The molecule has 3 nitrogen and oxygen atoms in total. The smallest absolute Gasteiger partial charge is 0.194 e. The van der Waals surface area contributed by atoms with Gasteiger partial charge in [0.15, 0.2) is 14.1 Å². The van der Waals surface area contributed by atoms with Crippen LogP contribution in [-0.2, 0) is 13.9 Å². The minimum Gasteiger partial charge on any atom is -0.397 e. The van der Waals surface area contributed by atoms with E-state index in [1.165, 1.54) is 0 Å². The van der Waals surface area contributed by atoms with Crippen molar-refractivity contribution in [2.75, 3.05) is 0 Å². The molecule has 0 N–H and O–H groups in total. The van der Waals surface area contributed by atoms with Crippen LogP contribution in [0.3, 0.4) is 0 Å². The summed E-state index contributed by atoms with van der Waals surface area (Å²) in [6, 6.07) is 3.25. The van der Waals surface area contributed by atoms with Crippen molar-refractivity contribution in [2.45, 2.75) is 104 Å². The highest BCUT2D eigenvalue weighted by Crippen LogP contribution is 2.54. The van der Waals surface area contributed by atoms with Crippen LogP contribution in [0, 0.1) is 17.8 Å². The van der Waals surface area contributed by atoms with E-state index in [2.05, 4.69) is 67.4 Å². The van der Waals surface area contributed by atoms with Gasteiger partial charge in [0.1, 0.15) is 5.60 Å². The summed E-state index contributed by atoms with van der Waals surface area (Å²) in [5.41, 5.74) is 0.0935. The lowest BCUT2D eigenvalue weighted by Crippen LogP contribution is -2.59. The maximum Gasteiger partial charge on any atom is 0.194 e. The van der Waals surface area contributed by atoms with Crippen molar-refractivity contribution in [3.8, 4) is 12.3 Å². The highest BCUT2D eigenvalue weighted by molar-refractivity contribution is 6.73. The molecule has 1 aliphatic carbocycles. The van der Waals surface area contributed by atoms with Crippen LogP contribution in [0.25, 0.3) is 0 Å². The SMILES string of the molecule is C#CC1(O[Si](CC)(CC)CC)C(C)=CC2(CC1(C)C)OC(C)C(C)O2. The number of hydrogen-bond acceptors (Lipinski definition) is 3. The first-order valence-corrected chi connectivity index (χ1v) is 12.3. The first-order chi connectivity index (χ1) is 11.5. The zero-order valence-electron chi connectivity index (χ0n) is 17.4. The third-order valence-corrected chi connectivity index (χ3v) is 11.2. The molecular formula is C21H36O3Si. The van der Waals surface area contributed by atoms with Crippen LogP contribution in [0.15, 0.2) is 11.6 Å². The highest BCUT2D eigenvalue weighted by Gasteiger charge is 2.59. The summed E-state index contributed by atoms with van der Waals surface area (Å²) >= 11 is 0. The fraction of sp³-hybridized carbons (Fsp3) is 0.810. The van der Waals surface area contributed by atoms with Crippen LogP contribution in [-0.4, -0.2) is 31.9 Å². The van der Waals surface area contributed by atoms with Crippen LogP contribution >= 0.6 is 0 Å². The van der Waals surface area contributed by atoms with Crippen molar-refractivity contribution < 1.29 is 13.9 Å². The molecule has 2 rings (SSSR count). The van der Waals surface area contributed by atoms with Crippen LogP contribution in [0.2, 0.25) is 18.1 Å². The molecule has 0 amide bonds. The van der Waals surface area contributed by atoms with Gasteiger partial charge in [0, 0.05) is 11.8 Å². The Balaban J connectivity index is 2.51. The van der Waals surface area contributed by atoms with Crippen LogP contribution in [0.1, 0.15) is 61.8 Å². The van der Waals surface area contributed by atoms with Gasteiger partial charge in [-0.1, -0.05) is 40.5 Å². The largest absolute Gasteiger partial charge is 0.397 e. The fourth-order valence-electron chi connectivity index (χ4n) is 4.61. The molecular weight excluding hydrogens is 328 g/mol. The summed E-state index contributed by atoms with van der Waals surface area (Å²) in [5, 5.41) is 0. The molecule has 0 saturated carbocycles. The fourth-order valence-corrected chi connectivity index (χ4v) is 7.68. The molecule has 1 aliphatic heterocycles. The Labute approximate surface area is 155 Å². The molecule has 1 fully saturated rings. The summed E-state index contributed by atoms with van der Waals surface area (Å²) in [6.45, 7) is 17.3. The number of hydrogen-bond donors (Lipinski definition) is 0. The molecule has 2 aliphatic rings. The van der Waals surface area contributed by atoms with Gasteiger partial charge in [-0.2, -0.15) is 0 Å². The molecule has 1 spiro atoms. The monoisotopic (exact) mass is 364 g/mol. The highest BCUT2D eigenvalue weighted by atomic mass is 28.4. The number of ether oxygens (including phenoxy) is 2. The topological polar surface area (TPSA) is 27.7 Å². The van der Waals surface area contributed by atoms with Crippen LogP contribution in [0.5, 0.6) is 0 Å². The van der Waals surface area contributed by atoms with Crippen LogP contribution < -0.4 is 0 Å². The first-order valence-electron chi connectivity index (χ1n) is 9.78. The van der Waals surface area contributed by atoms with Crippen molar-refractivity contribution in [2.24, 2.45) is 5.41 Å². The molecule has 142 valence electrons. The van der Waals surface area contributed by atoms with Gasteiger partial charge in [-0.05, 0) is 50.6 Å². The summed E-state index contributed by atoms with van der Waals surface area (Å²) in [6.07, 6.45) is 9.10. The molecule has 1 heterocycles. The van der Waals surface area contributed by atoms with Gasteiger partial charge in [0.05, 0.1) is 12.2 Å². The zero-order valence-corrected chi connectivity index (χ0v) is 18.4. The van der Waals surface area contributed by atoms with E-state index in [1.54, 1.807) is 0 Å². The van der Waals surface area contributed by atoms with Gasteiger partial charge in [-0.25, -0.2) is 0 Å². The zero-order chi connectivity index (χ0) is 19.1. The van der Waals surface area contributed by atoms with E-state index in [-0.39, 0.29) is 17.6 Å². The molecule has 0 aromatic rings. The molecule has 3 unspecified atom stereocenters. The van der Waals surface area contributed by atoms with Gasteiger partial charge in [0.25, 0.3) is 0 Å². The summed E-state index contributed by atoms with van der Waals surface area (Å²) in [5.74, 6) is 2.40. The quantitative estimate of drug-likeness (QED) is 0.377. The second kappa shape index (κ2) is 6.85. The second-order valence-electron chi connectivity index (χ2n) is 8.52. The molecule has 0 bridgehead atoms. The van der Waals surface area contributed by atoms with Crippen molar-refractivity contribution in [3.05, 3.63) is 11.6 Å². The predicted octanol–water partition coefficient (Wildman–Crippen LogP) is 5.28. The second-order valence-corrected chi connectivity index (χ2v) is 13.2. The number of rotatable bonds is 5. The molecule has 0 radical (unpaired) electrons. The van der Waals surface area contributed by atoms with E-state index < -0.39 is 19.7 Å². The van der Waals surface area contributed by atoms with Gasteiger partial charge >= 0.3 is 0 Å². The minimum atomic E-state index is -1.87. The van der Waals surface area contributed by atoms with Crippen molar-refractivity contribution >= 4 is 8.32 Å². The Kier molecular flexibility index (Phi) is 5.67. The van der Waals surface area contributed by atoms with Gasteiger partial charge in [-0.3, -0.25) is 0 Å². The average Bonchev–Trinajstić information content (AvgIpc) is 2.81. The molecule has 1 saturated heterocycles. The normalized spacial score (nSPS) is 37.8. The summed E-state index contributed by atoms with van der Waals surface area (Å²) in [7, 11) is -1.87. The molecule has 4 heteroatoms. The molecule has 25 heavy (non-hydrogen) atoms. The molecule has 3 atom stereocenters. The van der Waals surface area contributed by atoms with Crippen LogP contribution in [0.4, 0.5) is 0 Å². The lowest BCUT2D eigenvalue weighted by molar-refractivity contribution is -0.180. The van der Waals surface area contributed by atoms with E-state index in [1.807, 2.05) is 0 Å². The van der Waals surface area contributed by atoms with E-state index in [4.69, 9.17) is 20.3 Å². The maximum atomic E-state index is 6.97. The maximum absolute atomic E-state index is 6.97. The molecule has 0 aromatic carbocycles. The van der Waals surface area contributed by atoms with E-state index in [9.17, 15) is 0 Å². The summed E-state index contributed by atoms with van der Waals surface area (Å²) in [4.78, 5) is 0.